The van der Waals surface area contributed by atoms with Crippen LogP contribution in [0.1, 0.15) is 24.0 Å². The first-order chi connectivity index (χ1) is 12.3. The van der Waals surface area contributed by atoms with E-state index in [1.807, 2.05) is 0 Å². The van der Waals surface area contributed by atoms with Crippen molar-refractivity contribution in [2.75, 3.05) is 19.6 Å². The highest BCUT2D eigenvalue weighted by atomic mass is 32.2. The lowest BCUT2D eigenvalue weighted by Gasteiger charge is -2.31. The number of aromatic nitrogens is 1. The summed E-state index contributed by atoms with van der Waals surface area (Å²) in [5.74, 6) is 0. The number of para-hydroxylation sites is 1. The molecule has 2 nitrogen and oxygen atoms in total. The van der Waals surface area contributed by atoms with Gasteiger partial charge in [0.25, 0.3) is 0 Å². The van der Waals surface area contributed by atoms with E-state index in [9.17, 15) is 0 Å². The molecule has 0 saturated carbocycles. The molecule has 1 aliphatic heterocycles. The smallest absolute Gasteiger partial charge is 0.0465 e. The van der Waals surface area contributed by atoms with Gasteiger partial charge in [0.15, 0.2) is 0 Å². The standard InChI is InChI=1S/C22H26N2S/c1-17-6-2-3-7-18(17)10-13-24-14-11-19(12-15-24)25-22-16-23-21-9-5-4-8-20(21)22/h2-9,16,19,23H,10-15H2,1H3. The van der Waals surface area contributed by atoms with E-state index >= 15 is 0 Å². The number of nitrogens with one attached hydrogen (secondary N) is 1. The first-order valence-corrected chi connectivity index (χ1v) is 10.2. The minimum Gasteiger partial charge on any atom is -0.360 e. The van der Waals surface area contributed by atoms with E-state index in [4.69, 9.17) is 0 Å². The first kappa shape index (κ1) is 16.7. The van der Waals surface area contributed by atoms with E-state index in [0.717, 1.165) is 5.25 Å². The number of likely N-dealkylation sites (tertiary alicyclic amines) is 1. The Bertz CT molecular complexity index is 831. The van der Waals surface area contributed by atoms with Gasteiger partial charge in [0.05, 0.1) is 0 Å². The van der Waals surface area contributed by atoms with Gasteiger partial charge in [-0.2, -0.15) is 0 Å². The normalized spacial score (nSPS) is 16.5. The van der Waals surface area contributed by atoms with Crippen LogP contribution in [0.3, 0.4) is 0 Å². The number of thioether (sulfide) groups is 1. The molecule has 3 aromatic rings. The molecule has 3 heteroatoms. The maximum atomic E-state index is 3.40. The van der Waals surface area contributed by atoms with Gasteiger partial charge in [-0.25, -0.2) is 0 Å². The van der Waals surface area contributed by atoms with E-state index in [-0.39, 0.29) is 0 Å². The summed E-state index contributed by atoms with van der Waals surface area (Å²) in [6.45, 7) is 5.87. The Morgan fingerprint density at radius 3 is 2.64 bits per heavy atom. The molecule has 25 heavy (non-hydrogen) atoms. The van der Waals surface area contributed by atoms with Crippen LogP contribution in [-0.4, -0.2) is 34.8 Å². The Labute approximate surface area is 154 Å². The van der Waals surface area contributed by atoms with Gasteiger partial charge in [-0.15, -0.1) is 11.8 Å². The van der Waals surface area contributed by atoms with Crippen molar-refractivity contribution in [1.29, 1.82) is 0 Å². The molecule has 2 aromatic carbocycles. The van der Waals surface area contributed by atoms with Gasteiger partial charge in [0, 0.05) is 33.8 Å². The van der Waals surface area contributed by atoms with Crippen LogP contribution < -0.4 is 0 Å². The van der Waals surface area contributed by atoms with Gasteiger partial charge < -0.3 is 9.88 Å². The predicted molar refractivity (Wildman–Crippen MR) is 109 cm³/mol. The maximum Gasteiger partial charge on any atom is 0.0465 e. The molecule has 130 valence electrons. The number of benzene rings is 2. The zero-order valence-electron chi connectivity index (χ0n) is 14.9. The Balaban J connectivity index is 1.29. The van der Waals surface area contributed by atoms with Gasteiger partial charge >= 0.3 is 0 Å². The minimum atomic E-state index is 0.744. The average molecular weight is 351 g/mol. The van der Waals surface area contributed by atoms with E-state index in [1.54, 1.807) is 0 Å². The van der Waals surface area contributed by atoms with Crippen LogP contribution in [0.2, 0.25) is 0 Å². The highest BCUT2D eigenvalue weighted by molar-refractivity contribution is 8.00. The molecule has 4 rings (SSSR count). The van der Waals surface area contributed by atoms with Gasteiger partial charge in [0.2, 0.25) is 0 Å². The van der Waals surface area contributed by atoms with Crippen LogP contribution in [0.25, 0.3) is 10.9 Å². The molecule has 1 fully saturated rings. The molecule has 0 radical (unpaired) electrons. The number of aryl methyl sites for hydroxylation is 1. The van der Waals surface area contributed by atoms with Crippen molar-refractivity contribution in [1.82, 2.24) is 9.88 Å². The number of rotatable bonds is 5. The van der Waals surface area contributed by atoms with Crippen molar-refractivity contribution in [3.05, 3.63) is 65.9 Å². The van der Waals surface area contributed by atoms with Gasteiger partial charge in [0.1, 0.15) is 0 Å². The van der Waals surface area contributed by atoms with Crippen LogP contribution in [0.15, 0.2) is 59.6 Å². The molecule has 1 N–H and O–H groups in total. The number of piperidine rings is 1. The first-order valence-electron chi connectivity index (χ1n) is 9.29. The van der Waals surface area contributed by atoms with E-state index < -0.39 is 0 Å². The van der Waals surface area contributed by atoms with E-state index in [2.05, 4.69) is 83.3 Å². The molecular weight excluding hydrogens is 324 g/mol. The SMILES string of the molecule is Cc1ccccc1CCN1CCC(Sc2c[nH]c3ccccc23)CC1. The van der Waals surface area contributed by atoms with Crippen molar-refractivity contribution >= 4 is 22.7 Å². The third kappa shape index (κ3) is 3.94. The molecule has 0 bridgehead atoms. The van der Waals surface area contributed by atoms with Crippen LogP contribution in [0.4, 0.5) is 0 Å². The Morgan fingerprint density at radius 2 is 1.80 bits per heavy atom. The monoisotopic (exact) mass is 350 g/mol. The maximum absolute atomic E-state index is 3.40. The summed E-state index contributed by atoms with van der Waals surface area (Å²) in [5, 5.41) is 2.11. The number of H-pyrrole nitrogens is 1. The van der Waals surface area contributed by atoms with Gasteiger partial charge in [-0.3, -0.25) is 0 Å². The lowest BCUT2D eigenvalue weighted by molar-refractivity contribution is 0.235. The molecule has 2 heterocycles. The lowest BCUT2D eigenvalue weighted by Crippen LogP contribution is -2.36. The quantitative estimate of drug-likeness (QED) is 0.675. The summed E-state index contributed by atoms with van der Waals surface area (Å²) in [4.78, 5) is 7.45. The fourth-order valence-electron chi connectivity index (χ4n) is 3.74. The third-order valence-corrected chi connectivity index (χ3v) is 6.73. The van der Waals surface area contributed by atoms with E-state index in [0.29, 0.717) is 0 Å². The largest absolute Gasteiger partial charge is 0.360 e. The van der Waals surface area contributed by atoms with Crippen molar-refractivity contribution in [2.24, 2.45) is 0 Å². The second-order valence-corrected chi connectivity index (χ2v) is 8.38. The van der Waals surface area contributed by atoms with Crippen molar-refractivity contribution in [2.45, 2.75) is 36.3 Å². The van der Waals surface area contributed by atoms with Gasteiger partial charge in [-0.1, -0.05) is 42.5 Å². The molecule has 0 atom stereocenters. The highest BCUT2D eigenvalue weighted by Gasteiger charge is 2.21. The predicted octanol–water partition coefficient (Wildman–Crippen LogP) is 5.28. The van der Waals surface area contributed by atoms with Crippen LogP contribution in [-0.2, 0) is 6.42 Å². The summed E-state index contributed by atoms with van der Waals surface area (Å²) in [6, 6.07) is 17.4. The molecule has 0 aliphatic carbocycles. The second-order valence-electron chi connectivity index (χ2n) is 7.03. The minimum absolute atomic E-state index is 0.744. The molecule has 1 saturated heterocycles. The summed E-state index contributed by atoms with van der Waals surface area (Å²) in [7, 11) is 0. The molecule has 1 aromatic heterocycles. The summed E-state index contributed by atoms with van der Waals surface area (Å²) in [6.07, 6.45) is 5.93. The van der Waals surface area contributed by atoms with Crippen LogP contribution >= 0.6 is 11.8 Å². The number of hydrogen-bond donors (Lipinski definition) is 1. The molecule has 1 aliphatic rings. The summed E-state index contributed by atoms with van der Waals surface area (Å²) in [5.41, 5.74) is 4.17. The topological polar surface area (TPSA) is 19.0 Å². The Hall–Kier alpha value is -1.71. The van der Waals surface area contributed by atoms with Crippen molar-refractivity contribution < 1.29 is 0 Å². The highest BCUT2D eigenvalue weighted by Crippen LogP contribution is 2.35. The summed E-state index contributed by atoms with van der Waals surface area (Å²) < 4.78 is 0. The number of fused-ring (bicyclic) bond motifs is 1. The Morgan fingerprint density at radius 1 is 1.04 bits per heavy atom. The average Bonchev–Trinajstić information content (AvgIpc) is 3.05. The van der Waals surface area contributed by atoms with Gasteiger partial charge in [-0.05, 0) is 56.5 Å². The number of hydrogen-bond acceptors (Lipinski definition) is 2. The van der Waals surface area contributed by atoms with Crippen LogP contribution in [0.5, 0.6) is 0 Å². The fourth-order valence-corrected chi connectivity index (χ4v) is 4.98. The lowest BCUT2D eigenvalue weighted by atomic mass is 10.0. The summed E-state index contributed by atoms with van der Waals surface area (Å²) >= 11 is 2.06. The Kier molecular flexibility index (Phi) is 5.14. The second kappa shape index (κ2) is 7.67. The molecule has 0 unspecified atom stereocenters. The molecular formula is C22H26N2S. The fraction of sp³-hybridized carbons (Fsp3) is 0.364. The third-order valence-electron chi connectivity index (χ3n) is 5.34. The van der Waals surface area contributed by atoms with Crippen LogP contribution in [0, 0.1) is 6.92 Å². The van der Waals surface area contributed by atoms with Crippen molar-refractivity contribution in [3.63, 3.8) is 0 Å². The zero-order chi connectivity index (χ0) is 17.1. The number of nitrogens with zero attached hydrogens (tertiary/aromatic N) is 1. The molecule has 0 spiro atoms. The number of aromatic amines is 1. The van der Waals surface area contributed by atoms with Crippen molar-refractivity contribution in [3.8, 4) is 0 Å². The molecule has 0 amide bonds. The van der Waals surface area contributed by atoms with E-state index in [1.165, 1.54) is 65.8 Å². The zero-order valence-corrected chi connectivity index (χ0v) is 15.7.